The van der Waals surface area contributed by atoms with E-state index in [1.54, 1.807) is 4.90 Å². The number of aliphatic hydroxyl groups is 1. The number of rotatable bonds is 2. The monoisotopic (exact) mass is 197 g/mol. The van der Waals surface area contributed by atoms with Crippen LogP contribution in [0.15, 0.2) is 0 Å². The zero-order valence-corrected chi connectivity index (χ0v) is 8.27. The highest BCUT2D eigenvalue weighted by atomic mass is 16.5. The van der Waals surface area contributed by atoms with Gasteiger partial charge in [0.2, 0.25) is 5.91 Å². The fourth-order valence-electron chi connectivity index (χ4n) is 1.55. The second-order valence-electron chi connectivity index (χ2n) is 3.43. The molecule has 78 valence electrons. The van der Waals surface area contributed by atoms with Gasteiger partial charge in [0.05, 0.1) is 25.2 Å². The smallest absolute Gasteiger partial charge is 0.234 e. The lowest BCUT2D eigenvalue weighted by Crippen LogP contribution is -2.50. The van der Waals surface area contributed by atoms with Crippen molar-refractivity contribution in [2.75, 3.05) is 19.7 Å². The van der Waals surface area contributed by atoms with E-state index < -0.39 is 0 Å². The van der Waals surface area contributed by atoms with Gasteiger partial charge < -0.3 is 14.7 Å². The molecular weight excluding hydrogens is 182 g/mol. The number of morpholine rings is 1. The van der Waals surface area contributed by atoms with Gasteiger partial charge in [0.15, 0.2) is 0 Å². The molecule has 0 aromatic heterocycles. The number of ether oxygens (including phenoxy) is 1. The Labute approximate surface area is 83.8 Å². The van der Waals surface area contributed by atoms with Crippen molar-refractivity contribution in [1.29, 1.82) is 0 Å². The van der Waals surface area contributed by atoms with Crippen LogP contribution < -0.4 is 0 Å². The Bertz CT molecular complexity index is 246. The first-order chi connectivity index (χ1) is 6.67. The summed E-state index contributed by atoms with van der Waals surface area (Å²) in [6.07, 6.45) is 4.86. The van der Waals surface area contributed by atoms with Gasteiger partial charge >= 0.3 is 0 Å². The van der Waals surface area contributed by atoms with Crippen LogP contribution in [0.1, 0.15) is 13.3 Å². The average molecular weight is 197 g/mol. The molecule has 0 spiro atoms. The van der Waals surface area contributed by atoms with E-state index in [0.717, 1.165) is 0 Å². The molecule has 0 aliphatic carbocycles. The highest BCUT2D eigenvalue weighted by Crippen LogP contribution is 2.11. The summed E-state index contributed by atoms with van der Waals surface area (Å²) in [5.41, 5.74) is 0. The van der Waals surface area contributed by atoms with E-state index >= 15 is 0 Å². The Morgan fingerprint density at radius 3 is 3.00 bits per heavy atom. The molecule has 0 bridgehead atoms. The van der Waals surface area contributed by atoms with E-state index in [4.69, 9.17) is 16.3 Å². The predicted molar refractivity (Wildman–Crippen MR) is 51.5 cm³/mol. The highest BCUT2D eigenvalue weighted by Gasteiger charge is 2.27. The first-order valence-electron chi connectivity index (χ1n) is 4.65. The van der Waals surface area contributed by atoms with Gasteiger partial charge in [-0.1, -0.05) is 5.92 Å². The summed E-state index contributed by atoms with van der Waals surface area (Å²) in [5, 5.41) is 8.93. The van der Waals surface area contributed by atoms with Gasteiger partial charge in [-0.05, 0) is 6.92 Å². The Kier molecular flexibility index (Phi) is 3.93. The van der Waals surface area contributed by atoms with Gasteiger partial charge in [-0.25, -0.2) is 0 Å². The Hall–Kier alpha value is -1.05. The largest absolute Gasteiger partial charge is 0.394 e. The number of hydrogen-bond acceptors (Lipinski definition) is 3. The van der Waals surface area contributed by atoms with Crippen molar-refractivity contribution in [3.8, 4) is 12.3 Å². The average Bonchev–Trinajstić information content (AvgIpc) is 2.17. The molecule has 1 aliphatic rings. The quantitative estimate of drug-likeness (QED) is 0.614. The second-order valence-corrected chi connectivity index (χ2v) is 3.43. The fourth-order valence-corrected chi connectivity index (χ4v) is 1.55. The van der Waals surface area contributed by atoms with Crippen LogP contribution in [-0.2, 0) is 9.53 Å². The van der Waals surface area contributed by atoms with Gasteiger partial charge in [-0.3, -0.25) is 4.79 Å². The molecule has 0 aromatic carbocycles. The molecule has 0 radical (unpaired) electrons. The summed E-state index contributed by atoms with van der Waals surface area (Å²) < 4.78 is 5.40. The summed E-state index contributed by atoms with van der Waals surface area (Å²) in [5.74, 6) is 2.25. The highest BCUT2D eigenvalue weighted by molar-refractivity contribution is 5.78. The third kappa shape index (κ3) is 2.72. The molecule has 4 nitrogen and oxygen atoms in total. The number of amides is 1. The molecule has 1 fully saturated rings. The van der Waals surface area contributed by atoms with Crippen LogP contribution in [-0.4, -0.2) is 47.8 Å². The molecule has 1 N–H and O–H groups in total. The van der Waals surface area contributed by atoms with Crippen molar-refractivity contribution < 1.29 is 14.6 Å². The van der Waals surface area contributed by atoms with Gasteiger partial charge in [0, 0.05) is 13.1 Å². The van der Waals surface area contributed by atoms with Crippen molar-refractivity contribution in [1.82, 2.24) is 4.90 Å². The summed E-state index contributed by atoms with van der Waals surface area (Å²) >= 11 is 0. The Morgan fingerprint density at radius 2 is 2.43 bits per heavy atom. The molecule has 4 heteroatoms. The van der Waals surface area contributed by atoms with Crippen LogP contribution in [0.4, 0.5) is 0 Å². The molecule has 1 heterocycles. The minimum absolute atomic E-state index is 0.0392. The van der Waals surface area contributed by atoms with Crippen molar-refractivity contribution in [3.63, 3.8) is 0 Å². The van der Waals surface area contributed by atoms with E-state index in [9.17, 15) is 4.79 Å². The van der Waals surface area contributed by atoms with Gasteiger partial charge in [0.1, 0.15) is 0 Å². The number of carbonyl (C=O) groups is 1. The lowest BCUT2D eigenvalue weighted by molar-refractivity contribution is -0.146. The van der Waals surface area contributed by atoms with Crippen LogP contribution in [0, 0.1) is 12.3 Å². The first-order valence-corrected chi connectivity index (χ1v) is 4.65. The third-order valence-electron chi connectivity index (χ3n) is 2.14. The standard InChI is InChI=1S/C10H15NO3/c1-3-4-10(13)11-5-8(2)14-9(6-11)7-12/h1,8-9,12H,4-7H2,2H3. The molecule has 0 saturated carbocycles. The maximum absolute atomic E-state index is 11.5. The predicted octanol–water partition coefficient (Wildman–Crippen LogP) is -0.382. The molecule has 14 heavy (non-hydrogen) atoms. The van der Waals surface area contributed by atoms with E-state index in [-0.39, 0.29) is 31.1 Å². The van der Waals surface area contributed by atoms with E-state index in [0.29, 0.717) is 13.1 Å². The third-order valence-corrected chi connectivity index (χ3v) is 2.14. The molecular formula is C10H15NO3. The first kappa shape index (κ1) is 11.0. The van der Waals surface area contributed by atoms with Crippen molar-refractivity contribution >= 4 is 5.91 Å². The zero-order valence-electron chi connectivity index (χ0n) is 8.27. The second kappa shape index (κ2) is 4.99. The van der Waals surface area contributed by atoms with E-state index in [2.05, 4.69) is 5.92 Å². The number of hydrogen-bond donors (Lipinski definition) is 1. The molecule has 1 aliphatic heterocycles. The molecule has 1 rings (SSSR count). The molecule has 2 unspecified atom stereocenters. The summed E-state index contributed by atoms with van der Waals surface area (Å²) in [6.45, 7) is 2.79. The van der Waals surface area contributed by atoms with Crippen molar-refractivity contribution in [3.05, 3.63) is 0 Å². The van der Waals surface area contributed by atoms with Crippen molar-refractivity contribution in [2.45, 2.75) is 25.6 Å². The minimum Gasteiger partial charge on any atom is -0.394 e. The summed E-state index contributed by atoms with van der Waals surface area (Å²) in [4.78, 5) is 13.1. The van der Waals surface area contributed by atoms with E-state index in [1.165, 1.54) is 0 Å². The van der Waals surface area contributed by atoms with Crippen molar-refractivity contribution in [2.24, 2.45) is 0 Å². The van der Waals surface area contributed by atoms with Gasteiger partial charge in [0.25, 0.3) is 0 Å². The normalized spacial score (nSPS) is 27.1. The molecule has 1 saturated heterocycles. The number of aliphatic hydroxyl groups excluding tert-OH is 1. The summed E-state index contributed by atoms with van der Waals surface area (Å²) in [7, 11) is 0. The maximum Gasteiger partial charge on any atom is 0.234 e. The fraction of sp³-hybridized carbons (Fsp3) is 0.700. The number of terminal acetylenes is 1. The maximum atomic E-state index is 11.5. The van der Waals surface area contributed by atoms with Gasteiger partial charge in [-0.2, -0.15) is 0 Å². The zero-order chi connectivity index (χ0) is 10.6. The molecule has 1 amide bonds. The summed E-state index contributed by atoms with van der Waals surface area (Å²) in [6, 6.07) is 0. The number of nitrogens with zero attached hydrogens (tertiary/aromatic N) is 1. The van der Waals surface area contributed by atoms with Crippen LogP contribution in [0.2, 0.25) is 0 Å². The van der Waals surface area contributed by atoms with Gasteiger partial charge in [-0.15, -0.1) is 6.42 Å². The lowest BCUT2D eigenvalue weighted by Gasteiger charge is -2.35. The Morgan fingerprint density at radius 1 is 1.71 bits per heavy atom. The van der Waals surface area contributed by atoms with Crippen LogP contribution in [0.3, 0.4) is 0 Å². The minimum atomic E-state index is -0.277. The Balaban J connectivity index is 2.53. The lowest BCUT2D eigenvalue weighted by atomic mass is 10.2. The number of carbonyl (C=O) groups excluding carboxylic acids is 1. The van der Waals surface area contributed by atoms with E-state index in [1.807, 2.05) is 6.92 Å². The topological polar surface area (TPSA) is 49.8 Å². The van der Waals surface area contributed by atoms with Crippen LogP contribution >= 0.6 is 0 Å². The molecule has 2 atom stereocenters. The van der Waals surface area contributed by atoms with Crippen LogP contribution in [0.5, 0.6) is 0 Å². The SMILES string of the molecule is C#CCC(=O)N1CC(C)OC(CO)C1. The van der Waals surface area contributed by atoms with Crippen LogP contribution in [0.25, 0.3) is 0 Å². The molecule has 0 aromatic rings.